The molecule has 0 amide bonds. The standard InChI is InChI=1S/C16H16N6O2/c1-4-11-12(24-8-23-11)5-9(1)6-17-16-21-14-13(18-7-19-14)15(22-16)20-10-2-3-10/h1,4-5,7,10H,2-3,6,8H2,(H3,17,18,19,20,21,22). The van der Waals surface area contributed by atoms with E-state index in [1.54, 1.807) is 6.33 Å². The molecular formula is C16H16N6O2. The van der Waals surface area contributed by atoms with Crippen molar-refractivity contribution in [3.63, 3.8) is 0 Å². The zero-order chi connectivity index (χ0) is 15.9. The number of H-pyrrole nitrogens is 1. The van der Waals surface area contributed by atoms with Gasteiger partial charge in [0.15, 0.2) is 23.0 Å². The summed E-state index contributed by atoms with van der Waals surface area (Å²) in [7, 11) is 0. The first kappa shape index (κ1) is 13.4. The lowest BCUT2D eigenvalue weighted by atomic mass is 10.2. The number of ether oxygens (including phenoxy) is 2. The van der Waals surface area contributed by atoms with Gasteiger partial charge in [0, 0.05) is 12.6 Å². The Morgan fingerprint density at radius 2 is 2.08 bits per heavy atom. The average molecular weight is 324 g/mol. The van der Waals surface area contributed by atoms with E-state index in [4.69, 9.17) is 9.47 Å². The van der Waals surface area contributed by atoms with E-state index in [-0.39, 0.29) is 6.79 Å². The van der Waals surface area contributed by atoms with Crippen molar-refractivity contribution < 1.29 is 9.47 Å². The Morgan fingerprint density at radius 1 is 1.17 bits per heavy atom. The highest BCUT2D eigenvalue weighted by atomic mass is 16.7. The fourth-order valence-electron chi connectivity index (χ4n) is 2.67. The normalized spacial score (nSPS) is 15.7. The van der Waals surface area contributed by atoms with Gasteiger partial charge in [0.25, 0.3) is 0 Å². The second-order valence-corrected chi connectivity index (χ2v) is 5.96. The first-order chi connectivity index (χ1) is 11.8. The first-order valence-corrected chi connectivity index (χ1v) is 7.95. The number of fused-ring (bicyclic) bond motifs is 2. The van der Waals surface area contributed by atoms with Gasteiger partial charge in [-0.3, -0.25) is 0 Å². The molecule has 0 radical (unpaired) electrons. The molecule has 1 aromatic carbocycles. The van der Waals surface area contributed by atoms with Gasteiger partial charge in [0.2, 0.25) is 12.7 Å². The van der Waals surface area contributed by atoms with Crippen LogP contribution in [0.15, 0.2) is 24.5 Å². The van der Waals surface area contributed by atoms with E-state index in [1.807, 2.05) is 18.2 Å². The average Bonchev–Trinajstić information content (AvgIpc) is 3.10. The third kappa shape index (κ3) is 2.45. The molecule has 8 nitrogen and oxygen atoms in total. The molecular weight excluding hydrogens is 308 g/mol. The largest absolute Gasteiger partial charge is 0.454 e. The quantitative estimate of drug-likeness (QED) is 0.662. The number of hydrogen-bond donors (Lipinski definition) is 3. The van der Waals surface area contributed by atoms with Crippen molar-refractivity contribution in [2.24, 2.45) is 0 Å². The lowest BCUT2D eigenvalue weighted by Crippen LogP contribution is -2.09. The predicted molar refractivity (Wildman–Crippen MR) is 88.2 cm³/mol. The van der Waals surface area contributed by atoms with Crippen molar-refractivity contribution in [2.75, 3.05) is 17.4 Å². The Kier molecular flexibility index (Phi) is 2.94. The van der Waals surface area contributed by atoms with Gasteiger partial charge in [-0.2, -0.15) is 9.97 Å². The van der Waals surface area contributed by atoms with Crippen LogP contribution in [-0.2, 0) is 6.54 Å². The summed E-state index contributed by atoms with van der Waals surface area (Å²) in [5.41, 5.74) is 2.57. The Balaban J connectivity index is 1.38. The van der Waals surface area contributed by atoms with Gasteiger partial charge in [0.05, 0.1) is 6.33 Å². The summed E-state index contributed by atoms with van der Waals surface area (Å²) in [4.78, 5) is 16.4. The Bertz CT molecular complexity index is 905. The number of nitrogens with zero attached hydrogens (tertiary/aromatic N) is 3. The monoisotopic (exact) mass is 324 g/mol. The van der Waals surface area contributed by atoms with Gasteiger partial charge in [-0.1, -0.05) is 6.07 Å². The second-order valence-electron chi connectivity index (χ2n) is 5.96. The topological polar surface area (TPSA) is 97.0 Å². The molecule has 122 valence electrons. The van der Waals surface area contributed by atoms with Crippen molar-refractivity contribution in [3.05, 3.63) is 30.1 Å². The highest BCUT2D eigenvalue weighted by Gasteiger charge is 2.23. The van der Waals surface area contributed by atoms with Crippen LogP contribution in [0.1, 0.15) is 18.4 Å². The van der Waals surface area contributed by atoms with E-state index in [1.165, 1.54) is 12.8 Å². The number of hydrogen-bond acceptors (Lipinski definition) is 7. The van der Waals surface area contributed by atoms with E-state index in [9.17, 15) is 0 Å². The second kappa shape index (κ2) is 5.26. The van der Waals surface area contributed by atoms with Crippen molar-refractivity contribution in [2.45, 2.75) is 25.4 Å². The molecule has 0 bridgehead atoms. The Labute approximate surface area is 137 Å². The molecule has 3 heterocycles. The highest BCUT2D eigenvalue weighted by molar-refractivity contribution is 5.83. The van der Waals surface area contributed by atoms with E-state index >= 15 is 0 Å². The molecule has 0 unspecified atom stereocenters. The third-order valence-corrected chi connectivity index (χ3v) is 4.09. The smallest absolute Gasteiger partial charge is 0.231 e. The molecule has 2 aliphatic rings. The Morgan fingerprint density at radius 3 is 3.00 bits per heavy atom. The zero-order valence-electron chi connectivity index (χ0n) is 12.9. The summed E-state index contributed by atoms with van der Waals surface area (Å²) in [6, 6.07) is 6.38. The maximum atomic E-state index is 5.40. The SMILES string of the molecule is c1nc2nc(NCc3ccc4c(c3)OCO4)nc(NC3CC3)c2[nH]1. The molecule has 0 saturated heterocycles. The van der Waals surface area contributed by atoms with Crippen LogP contribution in [-0.4, -0.2) is 32.8 Å². The fraction of sp³-hybridized carbons (Fsp3) is 0.312. The van der Waals surface area contributed by atoms with Crippen LogP contribution < -0.4 is 20.1 Å². The highest BCUT2D eigenvalue weighted by Crippen LogP contribution is 2.32. The summed E-state index contributed by atoms with van der Waals surface area (Å²) in [5.74, 6) is 2.90. The zero-order valence-corrected chi connectivity index (χ0v) is 12.9. The minimum atomic E-state index is 0.279. The number of anilines is 2. The van der Waals surface area contributed by atoms with Crippen LogP contribution in [0.2, 0.25) is 0 Å². The van der Waals surface area contributed by atoms with Crippen LogP contribution >= 0.6 is 0 Å². The minimum Gasteiger partial charge on any atom is -0.454 e. The van der Waals surface area contributed by atoms with Crippen LogP contribution in [0.5, 0.6) is 11.5 Å². The number of rotatable bonds is 5. The van der Waals surface area contributed by atoms with Crippen molar-refractivity contribution in [1.82, 2.24) is 19.9 Å². The number of aromatic amines is 1. The molecule has 1 fully saturated rings. The van der Waals surface area contributed by atoms with Crippen LogP contribution in [0.25, 0.3) is 11.2 Å². The fourth-order valence-corrected chi connectivity index (χ4v) is 2.67. The molecule has 1 aliphatic heterocycles. The molecule has 1 aliphatic carbocycles. The van der Waals surface area contributed by atoms with Crippen molar-refractivity contribution in [1.29, 1.82) is 0 Å². The summed E-state index contributed by atoms with van der Waals surface area (Å²) in [6.07, 6.45) is 4.00. The van der Waals surface area contributed by atoms with E-state index < -0.39 is 0 Å². The Hall–Kier alpha value is -3.03. The maximum Gasteiger partial charge on any atom is 0.231 e. The van der Waals surface area contributed by atoms with Crippen LogP contribution in [0.4, 0.5) is 11.8 Å². The predicted octanol–water partition coefficient (Wildman–Crippen LogP) is 2.27. The van der Waals surface area contributed by atoms with Crippen LogP contribution in [0.3, 0.4) is 0 Å². The molecule has 3 aromatic rings. The molecule has 0 atom stereocenters. The lowest BCUT2D eigenvalue weighted by Gasteiger charge is -2.09. The summed E-state index contributed by atoms with van der Waals surface area (Å²) in [5, 5.41) is 6.67. The van der Waals surface area contributed by atoms with Crippen molar-refractivity contribution >= 4 is 22.9 Å². The molecule has 5 rings (SSSR count). The minimum absolute atomic E-state index is 0.279. The molecule has 3 N–H and O–H groups in total. The molecule has 1 saturated carbocycles. The number of nitrogens with one attached hydrogen (secondary N) is 3. The summed E-state index contributed by atoms with van der Waals surface area (Å²) >= 11 is 0. The lowest BCUT2D eigenvalue weighted by molar-refractivity contribution is 0.174. The van der Waals surface area contributed by atoms with E-state index in [0.717, 1.165) is 28.4 Å². The van der Waals surface area contributed by atoms with Gasteiger partial charge in [-0.05, 0) is 30.5 Å². The first-order valence-electron chi connectivity index (χ1n) is 7.95. The van der Waals surface area contributed by atoms with Gasteiger partial charge in [-0.15, -0.1) is 0 Å². The molecule has 8 heteroatoms. The number of imidazole rings is 1. The maximum absolute atomic E-state index is 5.40. The number of aromatic nitrogens is 4. The van der Waals surface area contributed by atoms with Crippen molar-refractivity contribution in [3.8, 4) is 11.5 Å². The van der Waals surface area contributed by atoms with Crippen LogP contribution in [0, 0.1) is 0 Å². The third-order valence-electron chi connectivity index (χ3n) is 4.09. The van der Waals surface area contributed by atoms with Gasteiger partial charge < -0.3 is 25.1 Å². The summed E-state index contributed by atoms with van der Waals surface area (Å²) in [6.45, 7) is 0.872. The molecule has 2 aromatic heterocycles. The van der Waals surface area contributed by atoms with Gasteiger partial charge in [-0.25, -0.2) is 4.98 Å². The summed E-state index contributed by atoms with van der Waals surface area (Å²) < 4.78 is 10.7. The molecule has 24 heavy (non-hydrogen) atoms. The van der Waals surface area contributed by atoms with E-state index in [2.05, 4.69) is 30.6 Å². The van der Waals surface area contributed by atoms with Gasteiger partial charge >= 0.3 is 0 Å². The van der Waals surface area contributed by atoms with E-state index in [0.29, 0.717) is 24.2 Å². The molecule has 0 spiro atoms. The van der Waals surface area contributed by atoms with Gasteiger partial charge in [0.1, 0.15) is 5.52 Å². The number of benzene rings is 1.